The number of nitrogens with two attached hydrogens (primary N) is 1. The number of benzene rings is 2. The zero-order chi connectivity index (χ0) is 18.1. The van der Waals surface area contributed by atoms with Crippen LogP contribution in [0.4, 0.5) is 11.4 Å². The predicted octanol–water partition coefficient (Wildman–Crippen LogP) is 2.51. The lowest BCUT2D eigenvalue weighted by molar-refractivity contribution is 0.0996. The van der Waals surface area contributed by atoms with Crippen LogP contribution in [0.15, 0.2) is 42.6 Å². The van der Waals surface area contributed by atoms with Gasteiger partial charge in [0.15, 0.2) is 0 Å². The summed E-state index contributed by atoms with van der Waals surface area (Å²) in [6.07, 6.45) is 3.90. The number of carbonyl (C=O) groups is 2. The Morgan fingerprint density at radius 1 is 1.15 bits per heavy atom. The van der Waals surface area contributed by atoms with Crippen LogP contribution >= 0.6 is 0 Å². The maximum absolute atomic E-state index is 12.9. The summed E-state index contributed by atoms with van der Waals surface area (Å²) in [5, 5.41) is 10.7. The number of para-hydroxylation sites is 1. The number of amides is 2. The molecule has 26 heavy (non-hydrogen) atoms. The van der Waals surface area contributed by atoms with Crippen molar-refractivity contribution in [3.05, 3.63) is 53.7 Å². The molecular formula is C19H19N5O2. The number of carbonyl (C=O) groups excluding carboxylic acids is 2. The highest BCUT2D eigenvalue weighted by Gasteiger charge is 2.20. The Morgan fingerprint density at radius 3 is 2.73 bits per heavy atom. The number of nitrogens with zero attached hydrogens (tertiary/aromatic N) is 2. The molecule has 2 heterocycles. The fourth-order valence-electron chi connectivity index (χ4n) is 3.37. The lowest BCUT2D eigenvalue weighted by atomic mass is 10.1. The van der Waals surface area contributed by atoms with E-state index in [0.717, 1.165) is 37.0 Å². The second-order valence-electron chi connectivity index (χ2n) is 6.38. The van der Waals surface area contributed by atoms with Gasteiger partial charge in [0.2, 0.25) is 5.91 Å². The molecule has 7 nitrogen and oxygen atoms in total. The van der Waals surface area contributed by atoms with Crippen molar-refractivity contribution in [2.24, 2.45) is 5.73 Å². The minimum atomic E-state index is -0.524. The molecule has 2 aromatic carbocycles. The number of aromatic nitrogens is 2. The topological polar surface area (TPSA) is 104 Å². The summed E-state index contributed by atoms with van der Waals surface area (Å²) < 4.78 is 0. The molecule has 0 spiro atoms. The largest absolute Gasteiger partial charge is 0.370 e. The van der Waals surface area contributed by atoms with Crippen LogP contribution in [0.25, 0.3) is 10.9 Å². The van der Waals surface area contributed by atoms with Gasteiger partial charge in [-0.1, -0.05) is 12.1 Å². The number of nitrogens with one attached hydrogen (secondary N) is 2. The Morgan fingerprint density at radius 2 is 1.96 bits per heavy atom. The molecule has 2 amide bonds. The molecule has 4 N–H and O–H groups in total. The average molecular weight is 349 g/mol. The van der Waals surface area contributed by atoms with Gasteiger partial charge in [-0.3, -0.25) is 14.7 Å². The van der Waals surface area contributed by atoms with Gasteiger partial charge in [0.05, 0.1) is 28.7 Å². The molecule has 0 unspecified atom stereocenters. The maximum atomic E-state index is 12.9. The smallest absolute Gasteiger partial charge is 0.257 e. The number of primary amides is 1. The second-order valence-corrected chi connectivity index (χ2v) is 6.38. The molecule has 0 bridgehead atoms. The van der Waals surface area contributed by atoms with Gasteiger partial charge in [0.25, 0.3) is 5.91 Å². The maximum Gasteiger partial charge on any atom is 0.257 e. The number of H-pyrrole nitrogens is 1. The van der Waals surface area contributed by atoms with E-state index in [1.165, 1.54) is 0 Å². The fourth-order valence-corrected chi connectivity index (χ4v) is 3.37. The normalized spacial score (nSPS) is 13.9. The first-order valence-corrected chi connectivity index (χ1v) is 8.56. The van der Waals surface area contributed by atoms with E-state index in [1.54, 1.807) is 24.4 Å². The summed E-state index contributed by atoms with van der Waals surface area (Å²) in [5.74, 6) is -0.786. The molecule has 1 aliphatic rings. The second kappa shape index (κ2) is 6.51. The number of hydrogen-bond donors (Lipinski definition) is 3. The zero-order valence-electron chi connectivity index (χ0n) is 14.2. The van der Waals surface area contributed by atoms with Crippen molar-refractivity contribution in [1.82, 2.24) is 10.2 Å². The number of anilines is 2. The molecular weight excluding hydrogens is 330 g/mol. The van der Waals surface area contributed by atoms with Crippen molar-refractivity contribution in [2.45, 2.75) is 12.8 Å². The third-order valence-electron chi connectivity index (χ3n) is 4.70. The molecule has 3 aromatic rings. The van der Waals surface area contributed by atoms with Crippen molar-refractivity contribution in [2.75, 3.05) is 23.3 Å². The molecule has 1 saturated heterocycles. The van der Waals surface area contributed by atoms with E-state index in [-0.39, 0.29) is 5.91 Å². The van der Waals surface area contributed by atoms with Crippen molar-refractivity contribution in [3.8, 4) is 0 Å². The third kappa shape index (κ3) is 2.88. The Hall–Kier alpha value is -3.35. The molecule has 0 aliphatic carbocycles. The molecule has 132 valence electrons. The summed E-state index contributed by atoms with van der Waals surface area (Å²) in [7, 11) is 0. The SMILES string of the molecule is NC(=O)c1ccc(N2CCCC2)c(NC(=O)c2cccc3cn[nH]c23)c1. The van der Waals surface area contributed by atoms with Crippen molar-refractivity contribution >= 4 is 34.1 Å². The fraction of sp³-hybridized carbons (Fsp3) is 0.211. The summed E-state index contributed by atoms with van der Waals surface area (Å²) in [5.41, 5.74) is 8.44. The van der Waals surface area contributed by atoms with E-state index in [4.69, 9.17) is 5.73 Å². The minimum absolute atomic E-state index is 0.262. The van der Waals surface area contributed by atoms with Gasteiger partial charge < -0.3 is 16.0 Å². The Labute approximate surface area is 150 Å². The van der Waals surface area contributed by atoms with Gasteiger partial charge >= 0.3 is 0 Å². The molecule has 0 saturated carbocycles. The van der Waals surface area contributed by atoms with Gasteiger partial charge in [-0.05, 0) is 37.1 Å². The highest BCUT2D eigenvalue weighted by Crippen LogP contribution is 2.31. The monoisotopic (exact) mass is 349 g/mol. The van der Waals surface area contributed by atoms with Gasteiger partial charge in [0.1, 0.15) is 0 Å². The highest BCUT2D eigenvalue weighted by molar-refractivity contribution is 6.13. The molecule has 1 fully saturated rings. The molecule has 4 rings (SSSR count). The van der Waals surface area contributed by atoms with E-state index in [9.17, 15) is 9.59 Å². The van der Waals surface area contributed by atoms with Crippen LogP contribution < -0.4 is 16.0 Å². The Balaban J connectivity index is 1.71. The Bertz CT molecular complexity index is 989. The van der Waals surface area contributed by atoms with E-state index in [2.05, 4.69) is 20.4 Å². The molecule has 7 heteroatoms. The first-order chi connectivity index (χ1) is 12.6. The number of fused-ring (bicyclic) bond motifs is 1. The summed E-state index contributed by atoms with van der Waals surface area (Å²) in [6, 6.07) is 10.6. The summed E-state index contributed by atoms with van der Waals surface area (Å²) >= 11 is 0. The van der Waals surface area contributed by atoms with Gasteiger partial charge in [0, 0.05) is 24.0 Å². The van der Waals surface area contributed by atoms with E-state index in [0.29, 0.717) is 22.3 Å². The summed E-state index contributed by atoms with van der Waals surface area (Å²) in [6.45, 7) is 1.85. The number of hydrogen-bond acceptors (Lipinski definition) is 4. The first kappa shape index (κ1) is 16.1. The molecule has 0 radical (unpaired) electrons. The van der Waals surface area contributed by atoms with Crippen LogP contribution in [-0.4, -0.2) is 35.1 Å². The van der Waals surface area contributed by atoms with Crippen molar-refractivity contribution in [3.63, 3.8) is 0 Å². The van der Waals surface area contributed by atoms with E-state index in [1.807, 2.05) is 18.2 Å². The van der Waals surface area contributed by atoms with Crippen LogP contribution in [0, 0.1) is 0 Å². The van der Waals surface area contributed by atoms with E-state index >= 15 is 0 Å². The third-order valence-corrected chi connectivity index (χ3v) is 4.70. The van der Waals surface area contributed by atoms with Crippen LogP contribution in [0.2, 0.25) is 0 Å². The lowest BCUT2D eigenvalue weighted by Crippen LogP contribution is -2.22. The standard InChI is InChI=1S/C19H19N5O2/c20-18(25)12-6-7-16(24-8-1-2-9-24)15(10-12)22-19(26)14-5-3-4-13-11-21-23-17(13)14/h3-7,10-11H,1-2,8-9H2,(H2,20,25)(H,21,23)(H,22,26). The van der Waals surface area contributed by atoms with Crippen LogP contribution in [0.3, 0.4) is 0 Å². The Kier molecular flexibility index (Phi) is 4.04. The van der Waals surface area contributed by atoms with Gasteiger partial charge in [-0.25, -0.2) is 0 Å². The van der Waals surface area contributed by atoms with Crippen molar-refractivity contribution in [1.29, 1.82) is 0 Å². The molecule has 1 aliphatic heterocycles. The number of aromatic amines is 1. The van der Waals surface area contributed by atoms with Crippen LogP contribution in [0.1, 0.15) is 33.6 Å². The zero-order valence-corrected chi connectivity index (χ0v) is 14.2. The molecule has 1 aromatic heterocycles. The van der Waals surface area contributed by atoms with Crippen LogP contribution in [-0.2, 0) is 0 Å². The van der Waals surface area contributed by atoms with Crippen molar-refractivity contribution < 1.29 is 9.59 Å². The highest BCUT2D eigenvalue weighted by atomic mass is 16.2. The number of rotatable bonds is 4. The van der Waals surface area contributed by atoms with E-state index < -0.39 is 5.91 Å². The quantitative estimate of drug-likeness (QED) is 0.673. The molecule has 0 atom stereocenters. The summed E-state index contributed by atoms with van der Waals surface area (Å²) in [4.78, 5) is 26.7. The predicted molar refractivity (Wildman–Crippen MR) is 100 cm³/mol. The lowest BCUT2D eigenvalue weighted by Gasteiger charge is -2.22. The van der Waals surface area contributed by atoms with Gasteiger partial charge in [-0.15, -0.1) is 0 Å². The first-order valence-electron chi connectivity index (χ1n) is 8.56. The minimum Gasteiger partial charge on any atom is -0.370 e. The average Bonchev–Trinajstić information content (AvgIpc) is 3.32. The van der Waals surface area contributed by atoms with Crippen LogP contribution in [0.5, 0.6) is 0 Å². The van der Waals surface area contributed by atoms with Gasteiger partial charge in [-0.2, -0.15) is 5.10 Å².